The summed E-state index contributed by atoms with van der Waals surface area (Å²) in [6.45, 7) is 0.791. The Bertz CT molecular complexity index is 383. The summed E-state index contributed by atoms with van der Waals surface area (Å²) < 4.78 is 3.05. The van der Waals surface area contributed by atoms with Crippen LogP contribution in [0.1, 0.15) is 5.69 Å². The molecule has 0 fully saturated rings. The first-order valence-corrected chi connectivity index (χ1v) is 5.00. The molecule has 0 atom stereocenters. The number of hydrogen-bond donors (Lipinski definition) is 0. The van der Waals surface area contributed by atoms with Crippen molar-refractivity contribution in [2.24, 2.45) is 0 Å². The maximum absolute atomic E-state index is 4.24. The fourth-order valence-electron chi connectivity index (χ4n) is 1.10. The van der Waals surface area contributed by atoms with Crippen molar-refractivity contribution in [3.05, 3.63) is 46.3 Å². The molecule has 0 saturated carbocycles. The second-order valence-corrected chi connectivity index (χ2v) is 3.61. The highest BCUT2D eigenvalue weighted by Gasteiger charge is 1.99. The molecule has 0 aliphatic rings. The zero-order valence-electron chi connectivity index (χ0n) is 6.89. The fraction of sp³-hybridized carbons (Fsp3) is 0.111. The van der Waals surface area contributed by atoms with Crippen molar-refractivity contribution in [2.45, 2.75) is 6.54 Å². The molecule has 2 aromatic heterocycles. The summed E-state index contributed by atoms with van der Waals surface area (Å²) >= 11 is 2.21. The van der Waals surface area contributed by atoms with Crippen LogP contribution in [0, 0.1) is 3.83 Å². The lowest BCUT2D eigenvalue weighted by atomic mass is 10.3. The number of halogens is 1. The molecule has 4 heteroatoms. The van der Waals surface area contributed by atoms with Crippen LogP contribution in [0.15, 0.2) is 36.8 Å². The van der Waals surface area contributed by atoms with Crippen LogP contribution < -0.4 is 0 Å². The van der Waals surface area contributed by atoms with Gasteiger partial charge in [0.1, 0.15) is 0 Å². The van der Waals surface area contributed by atoms with E-state index in [9.17, 15) is 0 Å². The molecule has 2 aromatic rings. The number of hydrogen-bond acceptors (Lipinski definition) is 2. The van der Waals surface area contributed by atoms with Crippen molar-refractivity contribution in [1.82, 2.24) is 14.5 Å². The van der Waals surface area contributed by atoms with E-state index in [0.29, 0.717) is 0 Å². The number of imidazole rings is 1. The highest BCUT2D eigenvalue weighted by Crippen LogP contribution is 2.04. The maximum Gasteiger partial charge on any atom is 0.171 e. The first-order chi connectivity index (χ1) is 6.36. The van der Waals surface area contributed by atoms with E-state index in [1.807, 2.05) is 24.4 Å². The average Bonchev–Trinajstić information content (AvgIpc) is 2.54. The maximum atomic E-state index is 4.24. The molecule has 2 rings (SSSR count). The van der Waals surface area contributed by atoms with Crippen molar-refractivity contribution >= 4 is 22.6 Å². The molecular formula is C9H8IN3. The molecule has 0 amide bonds. The minimum atomic E-state index is 0.791. The molecule has 0 radical (unpaired) electrons. The Kier molecular flexibility index (Phi) is 2.58. The van der Waals surface area contributed by atoms with Crippen LogP contribution in [-0.2, 0) is 6.54 Å². The van der Waals surface area contributed by atoms with Gasteiger partial charge in [-0.2, -0.15) is 0 Å². The Morgan fingerprint density at radius 3 is 2.77 bits per heavy atom. The first-order valence-electron chi connectivity index (χ1n) is 3.93. The van der Waals surface area contributed by atoms with Crippen molar-refractivity contribution < 1.29 is 0 Å². The van der Waals surface area contributed by atoms with Crippen molar-refractivity contribution in [1.29, 1.82) is 0 Å². The average molecular weight is 285 g/mol. The summed E-state index contributed by atoms with van der Waals surface area (Å²) in [5.74, 6) is 0. The van der Waals surface area contributed by atoms with Gasteiger partial charge in [0.05, 0.1) is 12.2 Å². The normalized spacial score (nSPS) is 10.2. The zero-order chi connectivity index (χ0) is 9.10. The number of aromatic nitrogens is 3. The Morgan fingerprint density at radius 1 is 1.23 bits per heavy atom. The quantitative estimate of drug-likeness (QED) is 0.789. The highest BCUT2D eigenvalue weighted by atomic mass is 127. The summed E-state index contributed by atoms with van der Waals surface area (Å²) in [4.78, 5) is 8.38. The van der Waals surface area contributed by atoms with Gasteiger partial charge in [0, 0.05) is 18.6 Å². The Balaban J connectivity index is 2.20. The Labute approximate surface area is 90.0 Å². The highest BCUT2D eigenvalue weighted by molar-refractivity contribution is 14.1. The van der Waals surface area contributed by atoms with Crippen molar-refractivity contribution in [3.63, 3.8) is 0 Å². The van der Waals surface area contributed by atoms with E-state index in [1.165, 1.54) is 0 Å². The van der Waals surface area contributed by atoms with E-state index in [4.69, 9.17) is 0 Å². The number of nitrogens with zero attached hydrogens (tertiary/aromatic N) is 3. The molecule has 0 bridgehead atoms. The van der Waals surface area contributed by atoms with Gasteiger partial charge >= 0.3 is 0 Å². The van der Waals surface area contributed by atoms with Crippen LogP contribution in [0.2, 0.25) is 0 Å². The predicted molar refractivity (Wildman–Crippen MR) is 58.3 cm³/mol. The number of pyridine rings is 1. The molecule has 0 unspecified atom stereocenters. The Morgan fingerprint density at radius 2 is 2.15 bits per heavy atom. The van der Waals surface area contributed by atoms with E-state index in [0.717, 1.165) is 16.1 Å². The third kappa shape index (κ3) is 2.06. The standard InChI is InChI=1S/C9H8IN3/c10-9-12-5-6-13(9)7-8-3-1-2-4-11-8/h1-6H,7H2. The second-order valence-electron chi connectivity index (χ2n) is 2.65. The molecule has 0 saturated heterocycles. The zero-order valence-corrected chi connectivity index (χ0v) is 9.05. The smallest absolute Gasteiger partial charge is 0.171 e. The topological polar surface area (TPSA) is 30.7 Å². The van der Waals surface area contributed by atoms with Gasteiger partial charge in [-0.05, 0) is 34.7 Å². The van der Waals surface area contributed by atoms with Crippen molar-refractivity contribution in [3.8, 4) is 0 Å². The SMILES string of the molecule is Ic1nccn1Cc1ccccn1. The summed E-state index contributed by atoms with van der Waals surface area (Å²) in [5.41, 5.74) is 1.05. The van der Waals surface area contributed by atoms with Gasteiger partial charge < -0.3 is 4.57 Å². The monoisotopic (exact) mass is 285 g/mol. The molecule has 13 heavy (non-hydrogen) atoms. The van der Waals surface area contributed by atoms with Gasteiger partial charge in [-0.3, -0.25) is 4.98 Å². The fourth-order valence-corrected chi connectivity index (χ4v) is 1.59. The lowest BCUT2D eigenvalue weighted by molar-refractivity contribution is 0.751. The summed E-state index contributed by atoms with van der Waals surface area (Å²) in [6.07, 6.45) is 5.56. The predicted octanol–water partition coefficient (Wildman–Crippen LogP) is 1.93. The summed E-state index contributed by atoms with van der Waals surface area (Å²) in [5, 5.41) is 0. The summed E-state index contributed by atoms with van der Waals surface area (Å²) in [6, 6.07) is 5.92. The molecule has 2 heterocycles. The van der Waals surface area contributed by atoms with Crippen LogP contribution >= 0.6 is 22.6 Å². The minimum Gasteiger partial charge on any atom is -0.320 e. The lowest BCUT2D eigenvalue weighted by Gasteiger charge is -2.01. The van der Waals surface area contributed by atoms with Crippen LogP contribution in [-0.4, -0.2) is 14.5 Å². The van der Waals surface area contributed by atoms with Crippen LogP contribution in [0.25, 0.3) is 0 Å². The Hall–Kier alpha value is -0.910. The van der Waals surface area contributed by atoms with E-state index >= 15 is 0 Å². The molecule has 0 aromatic carbocycles. The number of rotatable bonds is 2. The van der Waals surface area contributed by atoms with Gasteiger partial charge in [-0.1, -0.05) is 6.07 Å². The van der Waals surface area contributed by atoms with E-state index in [-0.39, 0.29) is 0 Å². The van der Waals surface area contributed by atoms with E-state index in [2.05, 4.69) is 37.1 Å². The molecule has 0 aliphatic carbocycles. The van der Waals surface area contributed by atoms with E-state index < -0.39 is 0 Å². The minimum absolute atomic E-state index is 0.791. The van der Waals surface area contributed by atoms with Crippen LogP contribution in [0.4, 0.5) is 0 Å². The third-order valence-corrected chi connectivity index (χ3v) is 2.62. The van der Waals surface area contributed by atoms with Crippen LogP contribution in [0.3, 0.4) is 0 Å². The molecule has 0 N–H and O–H groups in total. The lowest BCUT2D eigenvalue weighted by Crippen LogP contribution is -2.01. The van der Waals surface area contributed by atoms with Gasteiger partial charge in [-0.15, -0.1) is 0 Å². The van der Waals surface area contributed by atoms with Gasteiger partial charge in [0.15, 0.2) is 3.83 Å². The molecule has 66 valence electrons. The molecular weight excluding hydrogens is 277 g/mol. The van der Waals surface area contributed by atoms with Crippen LogP contribution in [0.5, 0.6) is 0 Å². The molecule has 0 spiro atoms. The molecule has 3 nitrogen and oxygen atoms in total. The largest absolute Gasteiger partial charge is 0.320 e. The van der Waals surface area contributed by atoms with Gasteiger partial charge in [-0.25, -0.2) is 4.98 Å². The third-order valence-electron chi connectivity index (χ3n) is 1.72. The first kappa shape index (κ1) is 8.68. The molecule has 0 aliphatic heterocycles. The van der Waals surface area contributed by atoms with Gasteiger partial charge in [0.25, 0.3) is 0 Å². The van der Waals surface area contributed by atoms with E-state index in [1.54, 1.807) is 12.4 Å². The van der Waals surface area contributed by atoms with Gasteiger partial charge in [0.2, 0.25) is 0 Å². The second kappa shape index (κ2) is 3.87. The van der Waals surface area contributed by atoms with Crippen molar-refractivity contribution in [2.75, 3.05) is 0 Å². The summed E-state index contributed by atoms with van der Waals surface area (Å²) in [7, 11) is 0.